The van der Waals surface area contributed by atoms with Crippen molar-refractivity contribution in [3.63, 3.8) is 0 Å². The molecule has 150 valence electrons. The van der Waals surface area contributed by atoms with Crippen molar-refractivity contribution in [2.45, 2.75) is 123 Å². The van der Waals surface area contributed by atoms with Gasteiger partial charge in [0, 0.05) is 0 Å². The summed E-state index contributed by atoms with van der Waals surface area (Å²) in [5.41, 5.74) is 0. The average Bonchev–Trinajstić information content (AvgIpc) is 2.45. The number of hydrogen-bond donors (Lipinski definition) is 0. The molecule has 0 bridgehead atoms. The van der Waals surface area contributed by atoms with Crippen LogP contribution in [-0.4, -0.2) is 28.7 Å². The predicted molar refractivity (Wildman–Crippen MR) is 114 cm³/mol. The second-order valence-electron chi connectivity index (χ2n) is 9.22. The van der Waals surface area contributed by atoms with E-state index in [1.54, 1.807) is 0 Å². The Kier molecular flexibility index (Phi) is 13.0. The van der Waals surface area contributed by atoms with Gasteiger partial charge in [-0.05, 0) is 45.7 Å². The van der Waals surface area contributed by atoms with Crippen LogP contribution in [0, 0.1) is 0 Å². The molecule has 0 radical (unpaired) electrons. The second-order valence-corrected chi connectivity index (χ2v) is 18.1. The molecule has 0 saturated heterocycles. The second kappa shape index (κ2) is 13.1. The lowest BCUT2D eigenvalue weighted by molar-refractivity contribution is -0.143. The van der Waals surface area contributed by atoms with Gasteiger partial charge in [0.15, 0.2) is 8.32 Å². The van der Waals surface area contributed by atoms with Crippen molar-refractivity contribution < 1.29 is 13.6 Å². The summed E-state index contributed by atoms with van der Waals surface area (Å²) in [5, 5.41) is 0. The molecule has 0 heterocycles. The molecule has 0 aliphatic heterocycles. The van der Waals surface area contributed by atoms with Gasteiger partial charge in [0.25, 0.3) is 0 Å². The molecule has 0 rings (SSSR count). The smallest absolute Gasteiger partial charge is 0.320 e. The lowest BCUT2D eigenvalue weighted by Gasteiger charge is -2.28. The van der Waals surface area contributed by atoms with E-state index >= 15 is 0 Å². The Balaban J connectivity index is 4.01. The zero-order chi connectivity index (χ0) is 19.3. The molecule has 1 atom stereocenters. The van der Waals surface area contributed by atoms with Crippen molar-refractivity contribution in [3.8, 4) is 0 Å². The SMILES string of the molecule is CCCCCCCCCCCCC(O[Si](C)(C)C)C(=O)O[Si](C)(C)C. The fourth-order valence-corrected chi connectivity index (χ4v) is 4.64. The molecule has 1 unspecified atom stereocenters. The van der Waals surface area contributed by atoms with Crippen LogP contribution in [0.5, 0.6) is 0 Å². The van der Waals surface area contributed by atoms with Crippen molar-refractivity contribution in [1.82, 2.24) is 0 Å². The molecule has 5 heteroatoms. The van der Waals surface area contributed by atoms with Gasteiger partial charge in [0.2, 0.25) is 8.32 Å². The first kappa shape index (κ1) is 24.9. The van der Waals surface area contributed by atoms with Crippen LogP contribution in [0.25, 0.3) is 0 Å². The fourth-order valence-electron chi connectivity index (χ4n) is 2.84. The minimum absolute atomic E-state index is 0.127. The molecule has 0 amide bonds. The van der Waals surface area contributed by atoms with Gasteiger partial charge in [-0.15, -0.1) is 0 Å². The molecule has 0 N–H and O–H groups in total. The van der Waals surface area contributed by atoms with Crippen LogP contribution in [0.15, 0.2) is 0 Å². The van der Waals surface area contributed by atoms with E-state index in [4.69, 9.17) is 8.85 Å². The lowest BCUT2D eigenvalue weighted by atomic mass is 10.0. The van der Waals surface area contributed by atoms with E-state index < -0.39 is 16.6 Å². The molecular weight excluding hydrogens is 344 g/mol. The summed E-state index contributed by atoms with van der Waals surface area (Å²) in [6.45, 7) is 14.8. The third-order valence-corrected chi connectivity index (χ3v) is 5.79. The van der Waals surface area contributed by atoms with E-state index in [0.29, 0.717) is 0 Å². The highest BCUT2D eigenvalue weighted by Gasteiger charge is 2.30. The van der Waals surface area contributed by atoms with Gasteiger partial charge in [-0.3, -0.25) is 4.79 Å². The van der Waals surface area contributed by atoms with Crippen LogP contribution < -0.4 is 0 Å². The quantitative estimate of drug-likeness (QED) is 0.226. The van der Waals surface area contributed by atoms with E-state index in [1.165, 1.54) is 57.8 Å². The van der Waals surface area contributed by atoms with Crippen LogP contribution in [0.2, 0.25) is 39.3 Å². The van der Waals surface area contributed by atoms with Gasteiger partial charge in [0.05, 0.1) is 0 Å². The minimum atomic E-state index is -1.85. The monoisotopic (exact) mass is 388 g/mol. The molecule has 0 aromatic heterocycles. The minimum Gasteiger partial charge on any atom is -0.518 e. The molecule has 0 aromatic rings. The third kappa shape index (κ3) is 17.1. The summed E-state index contributed by atoms with van der Waals surface area (Å²) in [5.74, 6) is -0.127. The normalized spacial score (nSPS) is 13.7. The highest BCUT2D eigenvalue weighted by molar-refractivity contribution is 6.71. The lowest BCUT2D eigenvalue weighted by Crippen LogP contribution is -2.41. The Morgan fingerprint density at radius 1 is 0.720 bits per heavy atom. The first-order chi connectivity index (χ1) is 11.5. The summed E-state index contributed by atoms with van der Waals surface area (Å²) in [6, 6.07) is 0. The van der Waals surface area contributed by atoms with Crippen molar-refractivity contribution in [2.24, 2.45) is 0 Å². The Bertz CT molecular complexity index is 346. The number of carbonyl (C=O) groups excluding carboxylic acids is 1. The third-order valence-electron chi connectivity index (χ3n) is 3.99. The Morgan fingerprint density at radius 3 is 1.56 bits per heavy atom. The van der Waals surface area contributed by atoms with E-state index in [-0.39, 0.29) is 12.1 Å². The summed E-state index contributed by atoms with van der Waals surface area (Å²) >= 11 is 0. The Labute approximate surface area is 159 Å². The van der Waals surface area contributed by atoms with Crippen molar-refractivity contribution in [3.05, 3.63) is 0 Å². The summed E-state index contributed by atoms with van der Waals surface area (Å²) in [7, 11) is -3.59. The van der Waals surface area contributed by atoms with Crippen molar-refractivity contribution in [2.75, 3.05) is 0 Å². The fraction of sp³-hybridized carbons (Fsp3) is 0.950. The molecular formula is C20H44O3Si2. The van der Waals surface area contributed by atoms with E-state index in [2.05, 4.69) is 46.2 Å². The van der Waals surface area contributed by atoms with Crippen LogP contribution in [-0.2, 0) is 13.6 Å². The van der Waals surface area contributed by atoms with Crippen LogP contribution in [0.1, 0.15) is 77.6 Å². The summed E-state index contributed by atoms with van der Waals surface area (Å²) in [6.07, 6.45) is 13.5. The van der Waals surface area contributed by atoms with Crippen molar-refractivity contribution >= 4 is 22.6 Å². The topological polar surface area (TPSA) is 35.5 Å². The number of carbonyl (C=O) groups is 1. The Morgan fingerprint density at radius 2 is 1.16 bits per heavy atom. The molecule has 3 nitrogen and oxygen atoms in total. The molecule has 0 saturated carbocycles. The molecule has 0 aliphatic rings. The maximum atomic E-state index is 12.4. The highest BCUT2D eigenvalue weighted by atomic mass is 28.4. The largest absolute Gasteiger partial charge is 0.518 e. The summed E-state index contributed by atoms with van der Waals surface area (Å²) < 4.78 is 11.8. The molecule has 25 heavy (non-hydrogen) atoms. The number of unbranched alkanes of at least 4 members (excludes halogenated alkanes) is 9. The number of rotatable bonds is 15. The summed E-state index contributed by atoms with van der Waals surface area (Å²) in [4.78, 5) is 12.4. The standard InChI is InChI=1S/C20H44O3Si2/c1-8-9-10-11-12-13-14-15-16-17-18-19(22-24(2,3)4)20(21)23-25(5,6)7/h19H,8-18H2,1-7H3. The molecule has 0 spiro atoms. The zero-order valence-electron chi connectivity index (χ0n) is 18.1. The first-order valence-corrected chi connectivity index (χ1v) is 17.3. The van der Waals surface area contributed by atoms with Gasteiger partial charge < -0.3 is 8.85 Å². The molecule has 0 fully saturated rings. The number of hydrogen-bond acceptors (Lipinski definition) is 3. The maximum absolute atomic E-state index is 12.4. The van der Waals surface area contributed by atoms with Crippen LogP contribution in [0.4, 0.5) is 0 Å². The maximum Gasteiger partial charge on any atom is 0.320 e. The van der Waals surface area contributed by atoms with Crippen LogP contribution in [0.3, 0.4) is 0 Å². The van der Waals surface area contributed by atoms with Gasteiger partial charge in [-0.1, -0.05) is 71.1 Å². The van der Waals surface area contributed by atoms with Gasteiger partial charge in [0.1, 0.15) is 6.10 Å². The van der Waals surface area contributed by atoms with E-state index in [1.807, 2.05) is 0 Å². The van der Waals surface area contributed by atoms with Gasteiger partial charge >= 0.3 is 5.97 Å². The zero-order valence-corrected chi connectivity index (χ0v) is 20.1. The van der Waals surface area contributed by atoms with Crippen molar-refractivity contribution in [1.29, 1.82) is 0 Å². The van der Waals surface area contributed by atoms with Gasteiger partial charge in [-0.2, -0.15) is 0 Å². The average molecular weight is 389 g/mol. The Hall–Kier alpha value is -0.136. The highest BCUT2D eigenvalue weighted by Crippen LogP contribution is 2.18. The van der Waals surface area contributed by atoms with E-state index in [9.17, 15) is 4.79 Å². The van der Waals surface area contributed by atoms with E-state index in [0.717, 1.165) is 12.8 Å². The molecule has 0 aliphatic carbocycles. The molecule has 0 aromatic carbocycles. The van der Waals surface area contributed by atoms with Crippen LogP contribution >= 0.6 is 0 Å². The van der Waals surface area contributed by atoms with Gasteiger partial charge in [-0.25, -0.2) is 0 Å². The predicted octanol–water partition coefficient (Wildman–Crippen LogP) is 6.90. The first-order valence-electron chi connectivity index (χ1n) is 10.5.